The average molecular weight is 262 g/mol. The minimum atomic E-state index is 0.100. The fourth-order valence-electron chi connectivity index (χ4n) is 2.89. The highest BCUT2D eigenvalue weighted by Crippen LogP contribution is 2.38. The van der Waals surface area contributed by atoms with Crippen LogP contribution in [0.15, 0.2) is 24.3 Å². The Bertz CT molecular complexity index is 401. The number of methoxy groups -OCH3 is 1. The molecule has 3 nitrogen and oxygen atoms in total. The Balaban J connectivity index is 2.32. The maximum absolute atomic E-state index is 6.29. The fourth-order valence-corrected chi connectivity index (χ4v) is 2.89. The number of rotatable bonds is 7. The van der Waals surface area contributed by atoms with Gasteiger partial charge in [0, 0.05) is 17.6 Å². The van der Waals surface area contributed by atoms with Crippen LogP contribution < -0.4 is 10.5 Å². The van der Waals surface area contributed by atoms with Gasteiger partial charge in [0.05, 0.1) is 13.2 Å². The third kappa shape index (κ3) is 3.28. The number of hydrogen-bond donors (Lipinski definition) is 1. The summed E-state index contributed by atoms with van der Waals surface area (Å²) in [6, 6.07) is 9.33. The smallest absolute Gasteiger partial charge is 0.123 e. The van der Waals surface area contributed by atoms with Gasteiger partial charge in [-0.25, -0.2) is 0 Å². The van der Waals surface area contributed by atoms with Crippen molar-refractivity contribution in [3.63, 3.8) is 0 Å². The van der Waals surface area contributed by atoms with Crippen molar-refractivity contribution >= 4 is 0 Å². The second-order valence-corrected chi connectivity index (χ2v) is 5.51. The molecular weight excluding hydrogens is 236 g/mol. The topological polar surface area (TPSA) is 38.5 Å². The molecule has 0 aromatic heterocycles. The second kappa shape index (κ2) is 6.40. The van der Waals surface area contributed by atoms with Crippen molar-refractivity contribution in [1.82, 2.24) is 4.90 Å². The lowest BCUT2D eigenvalue weighted by atomic mass is 9.97. The summed E-state index contributed by atoms with van der Waals surface area (Å²) in [5, 5.41) is 0. The van der Waals surface area contributed by atoms with Gasteiger partial charge in [-0.3, -0.25) is 4.90 Å². The maximum Gasteiger partial charge on any atom is 0.123 e. The summed E-state index contributed by atoms with van der Waals surface area (Å²) >= 11 is 0. The van der Waals surface area contributed by atoms with E-state index in [4.69, 9.17) is 10.5 Å². The van der Waals surface area contributed by atoms with Crippen LogP contribution in [0.4, 0.5) is 0 Å². The van der Waals surface area contributed by atoms with Gasteiger partial charge in [-0.15, -0.1) is 0 Å². The van der Waals surface area contributed by atoms with E-state index in [-0.39, 0.29) is 12.1 Å². The van der Waals surface area contributed by atoms with Crippen LogP contribution in [-0.4, -0.2) is 30.6 Å². The highest BCUT2D eigenvalue weighted by atomic mass is 16.5. The van der Waals surface area contributed by atoms with E-state index < -0.39 is 0 Å². The van der Waals surface area contributed by atoms with Gasteiger partial charge in [-0.05, 0) is 38.8 Å². The standard InChI is InChI=1S/C16H26N2O/c1-4-11-18(13-9-10-13)16(12(2)17)14-7-5-6-8-15(14)19-3/h5-8,12-13,16H,4,9-11,17H2,1-3H3. The first-order chi connectivity index (χ1) is 9.19. The summed E-state index contributed by atoms with van der Waals surface area (Å²) in [7, 11) is 1.73. The molecule has 0 saturated heterocycles. The molecule has 1 saturated carbocycles. The molecule has 2 rings (SSSR count). The minimum Gasteiger partial charge on any atom is -0.496 e. The van der Waals surface area contributed by atoms with Crippen molar-refractivity contribution in [3.8, 4) is 5.75 Å². The molecule has 1 aliphatic rings. The summed E-state index contributed by atoms with van der Waals surface area (Å²) in [6.45, 7) is 5.44. The van der Waals surface area contributed by atoms with E-state index in [0.717, 1.165) is 18.7 Å². The average Bonchev–Trinajstić information content (AvgIpc) is 3.22. The molecule has 1 fully saturated rings. The Kier molecular flexibility index (Phi) is 4.83. The molecule has 106 valence electrons. The van der Waals surface area contributed by atoms with Crippen LogP contribution in [0, 0.1) is 0 Å². The molecule has 0 aliphatic heterocycles. The van der Waals surface area contributed by atoms with Crippen molar-refractivity contribution < 1.29 is 4.74 Å². The lowest BCUT2D eigenvalue weighted by Gasteiger charge is -2.35. The summed E-state index contributed by atoms with van der Waals surface area (Å²) < 4.78 is 5.52. The monoisotopic (exact) mass is 262 g/mol. The van der Waals surface area contributed by atoms with Crippen molar-refractivity contribution in [2.24, 2.45) is 5.73 Å². The van der Waals surface area contributed by atoms with Gasteiger partial charge in [0.15, 0.2) is 0 Å². The largest absolute Gasteiger partial charge is 0.496 e. The first kappa shape index (κ1) is 14.4. The second-order valence-electron chi connectivity index (χ2n) is 5.51. The fraction of sp³-hybridized carbons (Fsp3) is 0.625. The van der Waals surface area contributed by atoms with Crippen LogP contribution in [-0.2, 0) is 0 Å². The SMILES string of the molecule is CCCN(C1CC1)C(c1ccccc1OC)C(C)N. The van der Waals surface area contributed by atoms with Crippen LogP contribution in [0.3, 0.4) is 0 Å². The quantitative estimate of drug-likeness (QED) is 0.821. The Morgan fingerprint density at radius 1 is 1.37 bits per heavy atom. The molecule has 2 atom stereocenters. The lowest BCUT2D eigenvalue weighted by Crippen LogP contribution is -2.41. The van der Waals surface area contributed by atoms with Gasteiger partial charge in [-0.2, -0.15) is 0 Å². The Labute approximate surface area is 116 Å². The maximum atomic E-state index is 6.29. The van der Waals surface area contributed by atoms with Crippen LogP contribution in [0.1, 0.15) is 44.7 Å². The van der Waals surface area contributed by atoms with Gasteiger partial charge in [0.2, 0.25) is 0 Å². The van der Waals surface area contributed by atoms with Gasteiger partial charge in [-0.1, -0.05) is 25.1 Å². The van der Waals surface area contributed by atoms with Gasteiger partial charge in [0.25, 0.3) is 0 Å². The minimum absolute atomic E-state index is 0.100. The molecular formula is C16H26N2O. The zero-order valence-corrected chi connectivity index (χ0v) is 12.3. The van der Waals surface area contributed by atoms with Gasteiger partial charge in [0.1, 0.15) is 5.75 Å². The van der Waals surface area contributed by atoms with Crippen LogP contribution in [0.25, 0.3) is 0 Å². The first-order valence-corrected chi connectivity index (χ1v) is 7.33. The van der Waals surface area contributed by atoms with E-state index in [1.165, 1.54) is 18.4 Å². The number of benzene rings is 1. The molecule has 1 aliphatic carbocycles. The predicted octanol–water partition coefficient (Wildman–Crippen LogP) is 2.96. The summed E-state index contributed by atoms with van der Waals surface area (Å²) in [4.78, 5) is 2.57. The molecule has 0 radical (unpaired) electrons. The molecule has 3 heteroatoms. The number of nitrogens with zero attached hydrogens (tertiary/aromatic N) is 1. The van der Waals surface area contributed by atoms with E-state index in [9.17, 15) is 0 Å². The number of ether oxygens (including phenoxy) is 1. The molecule has 1 aromatic rings. The molecule has 19 heavy (non-hydrogen) atoms. The number of nitrogens with two attached hydrogens (primary N) is 1. The Hall–Kier alpha value is -1.06. The third-order valence-corrected chi connectivity index (χ3v) is 3.81. The van der Waals surface area contributed by atoms with Crippen LogP contribution in [0.2, 0.25) is 0 Å². The Morgan fingerprint density at radius 2 is 2.05 bits per heavy atom. The molecule has 0 spiro atoms. The van der Waals surface area contributed by atoms with Crippen molar-refractivity contribution in [3.05, 3.63) is 29.8 Å². The normalized spacial score (nSPS) is 18.4. The summed E-state index contributed by atoms with van der Waals surface area (Å²) in [5.74, 6) is 0.951. The predicted molar refractivity (Wildman–Crippen MR) is 79.4 cm³/mol. The molecule has 0 heterocycles. The molecule has 2 unspecified atom stereocenters. The Morgan fingerprint density at radius 3 is 2.58 bits per heavy atom. The molecule has 0 bridgehead atoms. The van der Waals surface area contributed by atoms with Crippen molar-refractivity contribution in [1.29, 1.82) is 0 Å². The van der Waals surface area contributed by atoms with Crippen LogP contribution in [0.5, 0.6) is 5.75 Å². The zero-order chi connectivity index (χ0) is 13.8. The summed E-state index contributed by atoms with van der Waals surface area (Å²) in [6.07, 6.45) is 3.77. The van der Waals surface area contributed by atoms with E-state index >= 15 is 0 Å². The lowest BCUT2D eigenvalue weighted by molar-refractivity contribution is 0.163. The van der Waals surface area contributed by atoms with Gasteiger partial charge < -0.3 is 10.5 Å². The molecule has 1 aromatic carbocycles. The van der Waals surface area contributed by atoms with E-state index in [1.54, 1.807) is 7.11 Å². The highest BCUT2D eigenvalue weighted by molar-refractivity contribution is 5.37. The zero-order valence-electron chi connectivity index (χ0n) is 12.3. The van der Waals surface area contributed by atoms with E-state index in [1.807, 2.05) is 12.1 Å². The van der Waals surface area contributed by atoms with Crippen molar-refractivity contribution in [2.45, 2.75) is 51.2 Å². The van der Waals surface area contributed by atoms with Crippen molar-refractivity contribution in [2.75, 3.05) is 13.7 Å². The first-order valence-electron chi connectivity index (χ1n) is 7.33. The third-order valence-electron chi connectivity index (χ3n) is 3.81. The summed E-state index contributed by atoms with van der Waals surface area (Å²) in [5.41, 5.74) is 7.51. The molecule has 0 amide bonds. The van der Waals surface area contributed by atoms with E-state index in [2.05, 4.69) is 30.9 Å². The number of para-hydroxylation sites is 1. The van der Waals surface area contributed by atoms with Gasteiger partial charge >= 0.3 is 0 Å². The van der Waals surface area contributed by atoms with Crippen LogP contribution >= 0.6 is 0 Å². The van der Waals surface area contributed by atoms with E-state index in [0.29, 0.717) is 6.04 Å². The number of hydrogen-bond acceptors (Lipinski definition) is 3. The molecule has 2 N–H and O–H groups in total. The highest BCUT2D eigenvalue weighted by Gasteiger charge is 2.36.